The normalized spacial score (nSPS) is 12.0. The molecule has 6 heteroatoms. The number of sulfonamides is 1. The zero-order chi connectivity index (χ0) is 16.9. The third-order valence-electron chi connectivity index (χ3n) is 3.62. The summed E-state index contributed by atoms with van der Waals surface area (Å²) in [6.07, 6.45) is 1.86. The van der Waals surface area contributed by atoms with E-state index in [4.69, 9.17) is 0 Å². The lowest BCUT2D eigenvalue weighted by atomic mass is 10.1. The molecule has 1 aromatic rings. The van der Waals surface area contributed by atoms with Crippen molar-refractivity contribution in [1.82, 2.24) is 4.31 Å². The van der Waals surface area contributed by atoms with Gasteiger partial charge in [-0.2, -0.15) is 4.31 Å². The van der Waals surface area contributed by atoms with Crippen molar-refractivity contribution in [2.45, 2.75) is 34.1 Å². The molecular formula is C16H26N2O3S. The lowest BCUT2D eigenvalue weighted by Gasteiger charge is -2.20. The number of amides is 1. The van der Waals surface area contributed by atoms with E-state index in [1.807, 2.05) is 45.9 Å². The van der Waals surface area contributed by atoms with Gasteiger partial charge in [-0.15, -0.1) is 0 Å². The van der Waals surface area contributed by atoms with Gasteiger partial charge >= 0.3 is 0 Å². The second-order valence-electron chi connectivity index (χ2n) is 6.07. The van der Waals surface area contributed by atoms with Gasteiger partial charge in [-0.3, -0.25) is 4.79 Å². The van der Waals surface area contributed by atoms with Crippen molar-refractivity contribution in [3.05, 3.63) is 29.3 Å². The smallest absolute Gasteiger partial charge is 0.239 e. The average molecular weight is 326 g/mol. The van der Waals surface area contributed by atoms with Gasteiger partial charge in [-0.1, -0.05) is 26.0 Å². The number of aryl methyl sites for hydroxylation is 1. The minimum atomic E-state index is -3.39. The van der Waals surface area contributed by atoms with E-state index in [2.05, 4.69) is 5.32 Å². The first-order valence-corrected chi connectivity index (χ1v) is 9.27. The van der Waals surface area contributed by atoms with Crippen LogP contribution in [0.4, 0.5) is 5.69 Å². The highest BCUT2D eigenvalue weighted by molar-refractivity contribution is 7.88. The van der Waals surface area contributed by atoms with E-state index in [1.54, 1.807) is 0 Å². The zero-order valence-electron chi connectivity index (χ0n) is 14.0. The molecule has 1 rings (SSSR count). The van der Waals surface area contributed by atoms with Crippen LogP contribution in [0.2, 0.25) is 0 Å². The highest BCUT2D eigenvalue weighted by Gasteiger charge is 2.20. The molecule has 0 radical (unpaired) electrons. The molecule has 0 atom stereocenters. The van der Waals surface area contributed by atoms with Crippen LogP contribution in [0.15, 0.2) is 18.2 Å². The van der Waals surface area contributed by atoms with Crippen LogP contribution in [-0.2, 0) is 14.8 Å². The Kier molecular flexibility index (Phi) is 6.56. The summed E-state index contributed by atoms with van der Waals surface area (Å²) in [6.45, 7) is 8.15. The molecule has 0 fully saturated rings. The summed E-state index contributed by atoms with van der Waals surface area (Å²) in [5.74, 6) is 0.0641. The summed E-state index contributed by atoms with van der Waals surface area (Å²) in [5, 5.41) is 2.80. The molecule has 0 aliphatic heterocycles. The van der Waals surface area contributed by atoms with Crippen molar-refractivity contribution in [1.29, 1.82) is 0 Å². The predicted octanol–water partition coefficient (Wildman–Crippen LogP) is 2.55. The number of benzene rings is 1. The van der Waals surface area contributed by atoms with Gasteiger partial charge in [-0.05, 0) is 43.4 Å². The fourth-order valence-corrected chi connectivity index (χ4v) is 2.79. The summed E-state index contributed by atoms with van der Waals surface area (Å²) in [6, 6.07) is 5.65. The number of carbonyl (C=O) groups excluding carboxylic acids is 1. The molecule has 0 spiro atoms. The van der Waals surface area contributed by atoms with Gasteiger partial charge in [0.25, 0.3) is 0 Å². The molecular weight excluding hydrogens is 300 g/mol. The first-order chi connectivity index (χ1) is 10.1. The number of carbonyl (C=O) groups is 1. The van der Waals surface area contributed by atoms with Gasteiger partial charge in [0.05, 0.1) is 12.8 Å². The van der Waals surface area contributed by atoms with E-state index >= 15 is 0 Å². The molecule has 0 saturated carbocycles. The van der Waals surface area contributed by atoms with Crippen LogP contribution in [0.25, 0.3) is 0 Å². The number of rotatable bonds is 7. The van der Waals surface area contributed by atoms with Gasteiger partial charge in [0.15, 0.2) is 0 Å². The molecule has 124 valence electrons. The van der Waals surface area contributed by atoms with Gasteiger partial charge in [0.2, 0.25) is 15.9 Å². The summed E-state index contributed by atoms with van der Waals surface area (Å²) in [4.78, 5) is 12.2. The lowest BCUT2D eigenvalue weighted by molar-refractivity contribution is -0.116. The van der Waals surface area contributed by atoms with Crippen LogP contribution in [0.5, 0.6) is 0 Å². The van der Waals surface area contributed by atoms with Gasteiger partial charge in [-0.25, -0.2) is 8.42 Å². The second kappa shape index (κ2) is 7.74. The number of nitrogens with one attached hydrogen (secondary N) is 1. The minimum absolute atomic E-state index is 0.154. The summed E-state index contributed by atoms with van der Waals surface area (Å²) in [5.41, 5.74) is 2.80. The largest absolute Gasteiger partial charge is 0.325 e. The number of hydrogen-bond acceptors (Lipinski definition) is 3. The highest BCUT2D eigenvalue weighted by atomic mass is 32.2. The Balaban J connectivity index is 2.77. The maximum Gasteiger partial charge on any atom is 0.239 e. The molecule has 0 saturated heterocycles. The highest BCUT2D eigenvalue weighted by Crippen LogP contribution is 2.18. The molecule has 0 heterocycles. The van der Waals surface area contributed by atoms with E-state index in [0.717, 1.165) is 29.5 Å². The topological polar surface area (TPSA) is 66.5 Å². The van der Waals surface area contributed by atoms with E-state index in [9.17, 15) is 13.2 Å². The summed E-state index contributed by atoms with van der Waals surface area (Å²) < 4.78 is 24.8. The van der Waals surface area contributed by atoms with Gasteiger partial charge < -0.3 is 5.32 Å². The Morgan fingerprint density at radius 3 is 2.45 bits per heavy atom. The quantitative estimate of drug-likeness (QED) is 0.837. The molecule has 0 aromatic heterocycles. The maximum atomic E-state index is 12.2. The molecule has 0 aliphatic carbocycles. The van der Waals surface area contributed by atoms with Gasteiger partial charge in [0.1, 0.15) is 0 Å². The first kappa shape index (κ1) is 18.6. The SMILES string of the molecule is Cc1cccc(NC(=O)CN(CCC(C)C)S(C)(=O)=O)c1C. The Hall–Kier alpha value is -1.40. The Morgan fingerprint density at radius 2 is 1.91 bits per heavy atom. The van der Waals surface area contributed by atoms with Gasteiger partial charge in [0, 0.05) is 12.2 Å². The monoisotopic (exact) mass is 326 g/mol. The third-order valence-corrected chi connectivity index (χ3v) is 4.87. The van der Waals surface area contributed by atoms with Crippen molar-refractivity contribution >= 4 is 21.6 Å². The number of nitrogens with zero attached hydrogens (tertiary/aromatic N) is 1. The lowest BCUT2D eigenvalue weighted by Crippen LogP contribution is -2.38. The van der Waals surface area contributed by atoms with Crippen LogP contribution in [0.1, 0.15) is 31.4 Å². The molecule has 1 N–H and O–H groups in total. The van der Waals surface area contributed by atoms with Crippen LogP contribution in [-0.4, -0.2) is 38.0 Å². The number of hydrogen-bond donors (Lipinski definition) is 1. The van der Waals surface area contributed by atoms with E-state index < -0.39 is 10.0 Å². The third kappa shape index (κ3) is 5.77. The average Bonchev–Trinajstić information content (AvgIpc) is 2.38. The molecule has 22 heavy (non-hydrogen) atoms. The van der Waals surface area contributed by atoms with Crippen molar-refractivity contribution in [3.63, 3.8) is 0 Å². The molecule has 1 amide bonds. The summed E-state index contributed by atoms with van der Waals surface area (Å²) in [7, 11) is -3.39. The van der Waals surface area contributed by atoms with Crippen LogP contribution in [0, 0.1) is 19.8 Å². The Labute approximate surface area is 133 Å². The second-order valence-corrected chi connectivity index (χ2v) is 8.06. The van der Waals surface area contributed by atoms with Crippen LogP contribution < -0.4 is 5.32 Å². The standard InChI is InChI=1S/C16H26N2O3S/c1-12(2)9-10-18(22(5,20)21)11-16(19)17-15-8-6-7-13(3)14(15)4/h6-8,12H,9-11H2,1-5H3,(H,17,19). The van der Waals surface area contributed by atoms with E-state index in [-0.39, 0.29) is 12.5 Å². The molecule has 0 unspecified atom stereocenters. The zero-order valence-corrected chi connectivity index (χ0v) is 14.8. The summed E-state index contributed by atoms with van der Waals surface area (Å²) >= 11 is 0. The first-order valence-electron chi connectivity index (χ1n) is 7.42. The maximum absolute atomic E-state index is 12.2. The predicted molar refractivity (Wildman–Crippen MR) is 90.4 cm³/mol. The molecule has 1 aromatic carbocycles. The Bertz CT molecular complexity index is 624. The van der Waals surface area contributed by atoms with Crippen LogP contribution >= 0.6 is 0 Å². The number of anilines is 1. The van der Waals surface area contributed by atoms with Crippen molar-refractivity contribution < 1.29 is 13.2 Å². The van der Waals surface area contributed by atoms with Crippen LogP contribution in [0.3, 0.4) is 0 Å². The van der Waals surface area contributed by atoms with Crippen molar-refractivity contribution in [2.24, 2.45) is 5.92 Å². The van der Waals surface area contributed by atoms with E-state index in [1.165, 1.54) is 4.31 Å². The Morgan fingerprint density at radius 1 is 1.27 bits per heavy atom. The van der Waals surface area contributed by atoms with Crippen molar-refractivity contribution in [2.75, 3.05) is 24.7 Å². The molecule has 5 nitrogen and oxygen atoms in total. The molecule has 0 aliphatic rings. The fraction of sp³-hybridized carbons (Fsp3) is 0.562. The molecule has 0 bridgehead atoms. The minimum Gasteiger partial charge on any atom is -0.325 e. The fourth-order valence-electron chi connectivity index (χ4n) is 2.00. The van der Waals surface area contributed by atoms with Crippen molar-refractivity contribution in [3.8, 4) is 0 Å². The van der Waals surface area contributed by atoms with E-state index in [0.29, 0.717) is 12.5 Å².